The van der Waals surface area contributed by atoms with E-state index < -0.39 is 0 Å². The molecule has 3 rings (SSSR count). The molecule has 1 unspecified atom stereocenters. The van der Waals surface area contributed by atoms with Crippen molar-refractivity contribution in [3.63, 3.8) is 0 Å². The molecule has 122 valence electrons. The summed E-state index contributed by atoms with van der Waals surface area (Å²) in [6.45, 7) is 5.91. The van der Waals surface area contributed by atoms with E-state index in [2.05, 4.69) is 16.3 Å². The predicted octanol–water partition coefficient (Wildman–Crippen LogP) is 4.72. The van der Waals surface area contributed by atoms with E-state index in [0.717, 1.165) is 16.7 Å². The van der Waals surface area contributed by atoms with Crippen molar-refractivity contribution < 1.29 is 9.21 Å². The lowest BCUT2D eigenvalue weighted by Crippen LogP contribution is -2.13. The lowest BCUT2D eigenvalue weighted by atomic mass is 10.1. The summed E-state index contributed by atoms with van der Waals surface area (Å²) in [6.07, 6.45) is 0. The molecule has 0 amide bonds. The fourth-order valence-electron chi connectivity index (χ4n) is 2.51. The second-order valence-electron chi connectivity index (χ2n) is 5.74. The van der Waals surface area contributed by atoms with Crippen LogP contribution in [0, 0.1) is 13.8 Å². The van der Waals surface area contributed by atoms with Crippen LogP contribution in [0.5, 0.6) is 0 Å². The van der Waals surface area contributed by atoms with Crippen LogP contribution in [-0.4, -0.2) is 21.2 Å². The van der Waals surface area contributed by atoms with Gasteiger partial charge in [-0.2, -0.15) is 0 Å². The van der Waals surface area contributed by atoms with Gasteiger partial charge in [0.15, 0.2) is 5.78 Å². The molecular formula is C19H18N2O2S. The van der Waals surface area contributed by atoms with Gasteiger partial charge in [-0.3, -0.25) is 4.79 Å². The molecule has 0 fully saturated rings. The minimum Gasteiger partial charge on any atom is -0.411 e. The Balaban J connectivity index is 1.75. The van der Waals surface area contributed by atoms with Gasteiger partial charge in [-0.25, -0.2) is 0 Å². The lowest BCUT2D eigenvalue weighted by molar-refractivity contribution is 0.0993. The number of ketones is 1. The first-order chi connectivity index (χ1) is 11.5. The monoisotopic (exact) mass is 338 g/mol. The molecule has 0 aliphatic carbocycles. The zero-order valence-electron chi connectivity index (χ0n) is 13.8. The van der Waals surface area contributed by atoms with E-state index in [1.807, 2.05) is 63.2 Å². The molecule has 0 N–H and O–H groups in total. The summed E-state index contributed by atoms with van der Waals surface area (Å²) in [5, 5.41) is 8.28. The van der Waals surface area contributed by atoms with E-state index >= 15 is 0 Å². The summed E-state index contributed by atoms with van der Waals surface area (Å²) in [5.41, 5.74) is 3.87. The van der Waals surface area contributed by atoms with Crippen LogP contribution in [0.2, 0.25) is 0 Å². The molecule has 2 aromatic carbocycles. The number of Topliss-reactive ketones (excluding diaryl/α,β-unsaturated/α-hetero) is 1. The SMILES string of the molecule is Cc1cc(C)cc(-c2nnc(SC(C)C(=O)c3ccccc3)o2)c1. The first-order valence-electron chi connectivity index (χ1n) is 7.71. The number of thioether (sulfide) groups is 1. The Labute approximate surface area is 145 Å². The van der Waals surface area contributed by atoms with Gasteiger partial charge in [-0.1, -0.05) is 59.3 Å². The Bertz CT molecular complexity index is 839. The molecule has 0 bridgehead atoms. The van der Waals surface area contributed by atoms with Gasteiger partial charge in [0.05, 0.1) is 5.25 Å². The summed E-state index contributed by atoms with van der Waals surface area (Å²) in [5.74, 6) is 0.524. The summed E-state index contributed by atoms with van der Waals surface area (Å²) >= 11 is 1.28. The normalized spacial score (nSPS) is 12.1. The Morgan fingerprint density at radius 1 is 1.04 bits per heavy atom. The van der Waals surface area contributed by atoms with Crippen molar-refractivity contribution in [3.8, 4) is 11.5 Å². The van der Waals surface area contributed by atoms with Crippen molar-refractivity contribution in [1.82, 2.24) is 10.2 Å². The quantitative estimate of drug-likeness (QED) is 0.498. The third kappa shape index (κ3) is 3.74. The number of hydrogen-bond acceptors (Lipinski definition) is 5. The van der Waals surface area contributed by atoms with Crippen LogP contribution in [0.1, 0.15) is 28.4 Å². The Morgan fingerprint density at radius 2 is 1.71 bits per heavy atom. The molecule has 24 heavy (non-hydrogen) atoms. The largest absolute Gasteiger partial charge is 0.411 e. The Hall–Kier alpha value is -2.40. The van der Waals surface area contributed by atoms with E-state index in [4.69, 9.17) is 4.42 Å². The van der Waals surface area contributed by atoms with E-state index in [0.29, 0.717) is 16.7 Å². The number of hydrogen-bond donors (Lipinski definition) is 0. The predicted molar refractivity (Wildman–Crippen MR) is 95.3 cm³/mol. The van der Waals surface area contributed by atoms with Gasteiger partial charge in [0.2, 0.25) is 5.89 Å². The van der Waals surface area contributed by atoms with Crippen LogP contribution in [0.15, 0.2) is 58.2 Å². The van der Waals surface area contributed by atoms with E-state index in [-0.39, 0.29) is 11.0 Å². The maximum Gasteiger partial charge on any atom is 0.277 e. The highest BCUT2D eigenvalue weighted by Gasteiger charge is 2.20. The fourth-order valence-corrected chi connectivity index (χ4v) is 3.27. The highest BCUT2D eigenvalue weighted by molar-refractivity contribution is 8.00. The average molecular weight is 338 g/mol. The second-order valence-corrected chi connectivity index (χ2v) is 7.03. The first kappa shape index (κ1) is 16.5. The molecule has 0 aliphatic rings. The highest BCUT2D eigenvalue weighted by Crippen LogP contribution is 2.28. The molecule has 5 heteroatoms. The number of nitrogens with zero attached hydrogens (tertiary/aromatic N) is 2. The molecule has 1 atom stereocenters. The molecule has 0 spiro atoms. The smallest absolute Gasteiger partial charge is 0.277 e. The number of rotatable bonds is 5. The van der Waals surface area contributed by atoms with Crippen LogP contribution in [0.4, 0.5) is 0 Å². The van der Waals surface area contributed by atoms with E-state index in [1.54, 1.807) is 0 Å². The zero-order chi connectivity index (χ0) is 17.1. The van der Waals surface area contributed by atoms with Crippen LogP contribution in [0.3, 0.4) is 0 Å². The van der Waals surface area contributed by atoms with Crippen molar-refractivity contribution in [1.29, 1.82) is 0 Å². The van der Waals surface area contributed by atoms with Crippen molar-refractivity contribution in [2.75, 3.05) is 0 Å². The van der Waals surface area contributed by atoms with Gasteiger partial charge in [-0.15, -0.1) is 10.2 Å². The maximum atomic E-state index is 12.4. The molecule has 4 nitrogen and oxygen atoms in total. The van der Waals surface area contributed by atoms with Crippen LogP contribution < -0.4 is 0 Å². The summed E-state index contributed by atoms with van der Waals surface area (Å²) in [7, 11) is 0. The molecule has 0 radical (unpaired) electrons. The Kier molecular flexibility index (Phi) is 4.81. The highest BCUT2D eigenvalue weighted by atomic mass is 32.2. The number of aryl methyl sites for hydroxylation is 2. The molecule has 0 saturated carbocycles. The average Bonchev–Trinajstić information content (AvgIpc) is 3.02. The third-order valence-corrected chi connectivity index (χ3v) is 4.51. The molecule has 3 aromatic rings. The molecule has 1 aromatic heterocycles. The molecule has 0 aliphatic heterocycles. The Morgan fingerprint density at radius 3 is 2.38 bits per heavy atom. The van der Waals surface area contributed by atoms with Crippen LogP contribution in [0.25, 0.3) is 11.5 Å². The van der Waals surface area contributed by atoms with Gasteiger partial charge in [0, 0.05) is 11.1 Å². The summed E-state index contributed by atoms with van der Waals surface area (Å²) < 4.78 is 5.72. The topological polar surface area (TPSA) is 56.0 Å². The standard InChI is InChI=1S/C19H18N2O2S/c1-12-9-13(2)11-16(10-12)18-20-21-19(23-18)24-14(3)17(22)15-7-5-4-6-8-15/h4-11,14H,1-3H3. The van der Waals surface area contributed by atoms with E-state index in [9.17, 15) is 4.79 Å². The fraction of sp³-hybridized carbons (Fsp3) is 0.211. The molecular weight excluding hydrogens is 320 g/mol. The number of carbonyl (C=O) groups is 1. The molecule has 1 heterocycles. The van der Waals surface area contributed by atoms with Gasteiger partial charge in [-0.05, 0) is 32.9 Å². The van der Waals surface area contributed by atoms with Gasteiger partial charge < -0.3 is 4.42 Å². The minimum atomic E-state index is -0.292. The summed E-state index contributed by atoms with van der Waals surface area (Å²) in [4.78, 5) is 12.4. The first-order valence-corrected chi connectivity index (χ1v) is 8.59. The summed E-state index contributed by atoms with van der Waals surface area (Å²) in [6, 6.07) is 15.3. The lowest BCUT2D eigenvalue weighted by Gasteiger charge is -2.07. The van der Waals surface area contributed by atoms with Crippen molar-refractivity contribution in [3.05, 3.63) is 65.2 Å². The number of benzene rings is 2. The van der Waals surface area contributed by atoms with Crippen molar-refractivity contribution in [2.24, 2.45) is 0 Å². The van der Waals surface area contributed by atoms with Gasteiger partial charge >= 0.3 is 0 Å². The zero-order valence-corrected chi connectivity index (χ0v) is 14.6. The van der Waals surface area contributed by atoms with E-state index in [1.165, 1.54) is 11.8 Å². The second kappa shape index (κ2) is 7.01. The van der Waals surface area contributed by atoms with Crippen molar-refractivity contribution in [2.45, 2.75) is 31.2 Å². The maximum absolute atomic E-state index is 12.4. The van der Waals surface area contributed by atoms with Crippen LogP contribution in [-0.2, 0) is 0 Å². The van der Waals surface area contributed by atoms with Gasteiger partial charge in [0.25, 0.3) is 5.22 Å². The number of carbonyl (C=O) groups excluding carboxylic acids is 1. The van der Waals surface area contributed by atoms with Crippen LogP contribution >= 0.6 is 11.8 Å². The van der Waals surface area contributed by atoms with Crippen molar-refractivity contribution >= 4 is 17.5 Å². The third-order valence-electron chi connectivity index (χ3n) is 3.58. The minimum absolute atomic E-state index is 0.0479. The molecule has 0 saturated heterocycles. The number of aromatic nitrogens is 2. The van der Waals surface area contributed by atoms with Gasteiger partial charge in [0.1, 0.15) is 0 Å².